The molecular formula is C14H16N2O3S. The predicted molar refractivity (Wildman–Crippen MR) is 76.9 cm³/mol. The van der Waals surface area contributed by atoms with Crippen LogP contribution in [0.4, 0.5) is 5.69 Å². The van der Waals surface area contributed by atoms with Gasteiger partial charge in [-0.25, -0.2) is 0 Å². The van der Waals surface area contributed by atoms with Crippen molar-refractivity contribution in [3.63, 3.8) is 0 Å². The Morgan fingerprint density at radius 3 is 2.90 bits per heavy atom. The molecule has 0 spiro atoms. The summed E-state index contributed by atoms with van der Waals surface area (Å²) in [6.07, 6.45) is 2.65. The summed E-state index contributed by atoms with van der Waals surface area (Å²) in [6, 6.07) is 5.29. The predicted octanol–water partition coefficient (Wildman–Crippen LogP) is 1.38. The average Bonchev–Trinajstić information content (AvgIpc) is 2.41. The maximum Gasteiger partial charge on any atom is 0.251 e. The number of hydrogen-bond acceptors (Lipinski definition) is 4. The van der Waals surface area contributed by atoms with Crippen molar-refractivity contribution in [1.29, 1.82) is 0 Å². The Bertz CT molecular complexity index is 564. The molecule has 0 atom stereocenters. The number of aliphatic hydroxyl groups is 1. The molecule has 3 rings (SSSR count). The number of amides is 2. The fourth-order valence-corrected chi connectivity index (χ4v) is 3.25. The molecule has 0 saturated heterocycles. The molecule has 106 valence electrons. The molecule has 3 N–H and O–H groups in total. The van der Waals surface area contributed by atoms with E-state index in [2.05, 4.69) is 10.6 Å². The van der Waals surface area contributed by atoms with Gasteiger partial charge in [0.25, 0.3) is 5.91 Å². The second kappa shape index (κ2) is 5.10. The van der Waals surface area contributed by atoms with E-state index in [-0.39, 0.29) is 18.4 Å². The number of aliphatic hydroxyl groups excluding tert-OH is 1. The second-order valence-electron chi connectivity index (χ2n) is 5.29. The normalized spacial score (nSPS) is 19.6. The Balaban J connectivity index is 1.78. The smallest absolute Gasteiger partial charge is 0.251 e. The monoisotopic (exact) mass is 292 g/mol. The first-order valence-electron chi connectivity index (χ1n) is 6.62. The maximum absolute atomic E-state index is 12.2. The summed E-state index contributed by atoms with van der Waals surface area (Å²) in [5.41, 5.74) is 0.738. The van der Waals surface area contributed by atoms with Gasteiger partial charge < -0.3 is 15.7 Å². The number of carbonyl (C=O) groups is 2. The molecule has 1 heterocycles. The fourth-order valence-electron chi connectivity index (χ4n) is 2.46. The summed E-state index contributed by atoms with van der Waals surface area (Å²) >= 11 is 1.47. The minimum atomic E-state index is -0.453. The highest BCUT2D eigenvalue weighted by Crippen LogP contribution is 2.33. The molecule has 1 fully saturated rings. The van der Waals surface area contributed by atoms with Crippen molar-refractivity contribution in [3.8, 4) is 0 Å². The number of anilines is 1. The number of carbonyl (C=O) groups excluding carboxylic acids is 2. The molecule has 2 aliphatic rings. The largest absolute Gasteiger partial charge is 0.394 e. The number of thioether (sulfide) groups is 1. The van der Waals surface area contributed by atoms with Crippen molar-refractivity contribution in [2.24, 2.45) is 0 Å². The highest BCUT2D eigenvalue weighted by molar-refractivity contribution is 8.00. The zero-order valence-corrected chi connectivity index (χ0v) is 11.8. The van der Waals surface area contributed by atoms with Gasteiger partial charge in [-0.1, -0.05) is 0 Å². The van der Waals surface area contributed by atoms with E-state index < -0.39 is 5.54 Å². The van der Waals surface area contributed by atoms with Gasteiger partial charge in [-0.2, -0.15) is 0 Å². The van der Waals surface area contributed by atoms with Crippen LogP contribution in [0.25, 0.3) is 0 Å². The van der Waals surface area contributed by atoms with Crippen molar-refractivity contribution in [2.75, 3.05) is 17.7 Å². The molecule has 2 amide bonds. The van der Waals surface area contributed by atoms with E-state index in [0.29, 0.717) is 17.0 Å². The molecule has 1 aliphatic carbocycles. The van der Waals surface area contributed by atoms with E-state index >= 15 is 0 Å². The average molecular weight is 292 g/mol. The highest BCUT2D eigenvalue weighted by Gasteiger charge is 2.37. The number of fused-ring (bicyclic) bond motifs is 1. The summed E-state index contributed by atoms with van der Waals surface area (Å²) in [5.74, 6) is 0.156. The van der Waals surface area contributed by atoms with Gasteiger partial charge >= 0.3 is 0 Å². The van der Waals surface area contributed by atoms with Gasteiger partial charge in [-0.05, 0) is 37.5 Å². The molecule has 0 bridgehead atoms. The molecule has 20 heavy (non-hydrogen) atoms. The maximum atomic E-state index is 12.2. The van der Waals surface area contributed by atoms with Crippen LogP contribution < -0.4 is 10.6 Å². The molecule has 0 radical (unpaired) electrons. The van der Waals surface area contributed by atoms with E-state index in [4.69, 9.17) is 0 Å². The van der Waals surface area contributed by atoms with Crippen LogP contribution in [-0.4, -0.2) is 34.8 Å². The Morgan fingerprint density at radius 1 is 1.45 bits per heavy atom. The summed E-state index contributed by atoms with van der Waals surface area (Å²) in [6.45, 7) is -0.0315. The quantitative estimate of drug-likeness (QED) is 0.786. The van der Waals surface area contributed by atoms with E-state index in [1.807, 2.05) is 6.07 Å². The molecular weight excluding hydrogens is 276 g/mol. The summed E-state index contributed by atoms with van der Waals surface area (Å²) < 4.78 is 0. The molecule has 0 unspecified atom stereocenters. The van der Waals surface area contributed by atoms with Crippen LogP contribution in [0.15, 0.2) is 23.1 Å². The number of rotatable bonds is 3. The van der Waals surface area contributed by atoms with Gasteiger partial charge in [0, 0.05) is 10.5 Å². The molecule has 6 heteroatoms. The molecule has 1 aromatic rings. The lowest BCUT2D eigenvalue weighted by molar-refractivity contribution is -0.113. The summed E-state index contributed by atoms with van der Waals surface area (Å²) in [7, 11) is 0. The fraction of sp³-hybridized carbons (Fsp3) is 0.429. The summed E-state index contributed by atoms with van der Waals surface area (Å²) in [4.78, 5) is 24.6. The van der Waals surface area contributed by atoms with E-state index in [1.165, 1.54) is 11.8 Å². The third kappa shape index (κ3) is 2.41. The van der Waals surface area contributed by atoms with Crippen LogP contribution in [0.3, 0.4) is 0 Å². The zero-order valence-electron chi connectivity index (χ0n) is 10.9. The molecule has 1 aliphatic heterocycles. The Labute approximate surface area is 121 Å². The van der Waals surface area contributed by atoms with Crippen molar-refractivity contribution in [1.82, 2.24) is 5.32 Å². The summed E-state index contributed by atoms with van der Waals surface area (Å²) in [5, 5.41) is 15.1. The van der Waals surface area contributed by atoms with Crippen LogP contribution in [0.1, 0.15) is 29.6 Å². The number of nitrogens with one attached hydrogen (secondary N) is 2. The standard InChI is InChI=1S/C14H16N2O3S/c17-8-14(4-1-5-14)16-13(19)9-2-3-11-10(6-9)15-12(18)7-20-11/h2-3,6,17H,1,4-5,7-8H2,(H,15,18)(H,16,19). The van der Waals surface area contributed by atoms with Crippen molar-refractivity contribution in [3.05, 3.63) is 23.8 Å². The third-order valence-electron chi connectivity index (χ3n) is 3.87. The van der Waals surface area contributed by atoms with Crippen LogP contribution in [0.2, 0.25) is 0 Å². The van der Waals surface area contributed by atoms with Gasteiger partial charge in [0.05, 0.1) is 23.6 Å². The Morgan fingerprint density at radius 2 is 2.25 bits per heavy atom. The van der Waals surface area contributed by atoms with E-state index in [0.717, 1.165) is 24.2 Å². The van der Waals surface area contributed by atoms with Crippen LogP contribution in [0, 0.1) is 0 Å². The van der Waals surface area contributed by atoms with Crippen LogP contribution in [-0.2, 0) is 4.79 Å². The van der Waals surface area contributed by atoms with Crippen LogP contribution >= 0.6 is 11.8 Å². The SMILES string of the molecule is O=C1CSc2ccc(C(=O)NC3(CO)CCC3)cc2N1. The minimum Gasteiger partial charge on any atom is -0.394 e. The molecule has 5 nitrogen and oxygen atoms in total. The third-order valence-corrected chi connectivity index (χ3v) is 4.94. The number of hydrogen-bond donors (Lipinski definition) is 3. The van der Waals surface area contributed by atoms with Gasteiger partial charge in [-0.3, -0.25) is 9.59 Å². The lowest BCUT2D eigenvalue weighted by Crippen LogP contribution is -2.56. The van der Waals surface area contributed by atoms with Crippen molar-refractivity contribution >= 4 is 29.3 Å². The van der Waals surface area contributed by atoms with Crippen molar-refractivity contribution in [2.45, 2.75) is 29.7 Å². The van der Waals surface area contributed by atoms with Gasteiger partial charge in [0.15, 0.2) is 0 Å². The first-order valence-corrected chi connectivity index (χ1v) is 7.61. The molecule has 1 aromatic carbocycles. The lowest BCUT2D eigenvalue weighted by Gasteiger charge is -2.41. The van der Waals surface area contributed by atoms with E-state index in [1.54, 1.807) is 12.1 Å². The zero-order chi connectivity index (χ0) is 14.2. The topological polar surface area (TPSA) is 78.4 Å². The Kier molecular flexibility index (Phi) is 3.43. The van der Waals surface area contributed by atoms with Crippen molar-refractivity contribution < 1.29 is 14.7 Å². The second-order valence-corrected chi connectivity index (χ2v) is 6.31. The Hall–Kier alpha value is -1.53. The van der Waals surface area contributed by atoms with Gasteiger partial charge in [-0.15, -0.1) is 11.8 Å². The van der Waals surface area contributed by atoms with Crippen LogP contribution in [0.5, 0.6) is 0 Å². The molecule has 1 saturated carbocycles. The molecule has 0 aromatic heterocycles. The van der Waals surface area contributed by atoms with Gasteiger partial charge in [0.2, 0.25) is 5.91 Å². The minimum absolute atomic E-state index is 0.0315. The first-order chi connectivity index (χ1) is 9.62. The van der Waals surface area contributed by atoms with E-state index in [9.17, 15) is 14.7 Å². The number of benzene rings is 1. The lowest BCUT2D eigenvalue weighted by atomic mass is 9.77. The van der Waals surface area contributed by atoms with Gasteiger partial charge in [0.1, 0.15) is 0 Å². The first kappa shape index (κ1) is 13.5. The highest BCUT2D eigenvalue weighted by atomic mass is 32.2.